The van der Waals surface area contributed by atoms with Crippen LogP contribution in [0.2, 0.25) is 0 Å². The van der Waals surface area contributed by atoms with Gasteiger partial charge in [-0.2, -0.15) is 0 Å². The molecule has 0 bridgehead atoms. The van der Waals surface area contributed by atoms with E-state index < -0.39 is 0 Å². The van der Waals surface area contributed by atoms with Crippen LogP contribution in [0, 0.1) is 12.3 Å². The number of nitrogens with one attached hydrogen (secondary N) is 2. The second-order valence-electron chi connectivity index (χ2n) is 3.96. The fraction of sp³-hybridized carbons (Fsp3) is 0.231. The molecule has 2 N–H and O–H groups in total. The van der Waals surface area contributed by atoms with Crippen molar-refractivity contribution >= 4 is 17.5 Å². The number of hydrogen-bond donors (Lipinski definition) is 2. The summed E-state index contributed by atoms with van der Waals surface area (Å²) in [7, 11) is 0. The Morgan fingerprint density at radius 1 is 1.59 bits per heavy atom. The van der Waals surface area contributed by atoms with E-state index >= 15 is 0 Å². The number of fused-ring (bicyclic) bond motifs is 1. The Balaban J connectivity index is 2.19. The number of benzene rings is 1. The number of terminal acetylenes is 1. The van der Waals surface area contributed by atoms with Crippen molar-refractivity contribution in [3.05, 3.63) is 29.3 Å². The van der Waals surface area contributed by atoms with E-state index in [0.717, 1.165) is 11.3 Å². The van der Waals surface area contributed by atoms with Crippen molar-refractivity contribution in [3.63, 3.8) is 0 Å². The molecule has 0 radical (unpaired) electrons. The highest BCUT2D eigenvalue weighted by atomic mass is 16.2. The Morgan fingerprint density at radius 3 is 3.06 bits per heavy atom. The third-order valence-corrected chi connectivity index (χ3v) is 2.59. The van der Waals surface area contributed by atoms with Gasteiger partial charge in [0.2, 0.25) is 5.91 Å². The first kappa shape index (κ1) is 11.2. The van der Waals surface area contributed by atoms with Crippen LogP contribution in [0.15, 0.2) is 18.2 Å². The number of carbonyl (C=O) groups is 2. The molecule has 1 aliphatic heterocycles. The summed E-state index contributed by atoms with van der Waals surface area (Å²) in [4.78, 5) is 23.0. The van der Waals surface area contributed by atoms with Crippen molar-refractivity contribution in [2.75, 3.05) is 5.32 Å². The molecule has 4 heteroatoms. The van der Waals surface area contributed by atoms with E-state index in [2.05, 4.69) is 16.6 Å². The standard InChI is InChI=1S/C13H12N2O2/c1-3-8(2)14-13(17)9-4-5-11-10(6-9)7-12(16)15-11/h1,4-6,8H,7H2,2H3,(H,14,17)(H,15,16). The molecule has 0 spiro atoms. The van der Waals surface area contributed by atoms with Gasteiger partial charge in [-0.25, -0.2) is 0 Å². The lowest BCUT2D eigenvalue weighted by atomic mass is 10.1. The average Bonchev–Trinajstić information content (AvgIpc) is 2.67. The summed E-state index contributed by atoms with van der Waals surface area (Å²) in [5, 5.41) is 5.38. The summed E-state index contributed by atoms with van der Waals surface area (Å²) in [5.41, 5.74) is 2.13. The quantitative estimate of drug-likeness (QED) is 0.740. The zero-order valence-corrected chi connectivity index (χ0v) is 9.41. The minimum Gasteiger partial charge on any atom is -0.339 e. The van der Waals surface area contributed by atoms with E-state index in [-0.39, 0.29) is 17.9 Å². The molecule has 86 valence electrons. The van der Waals surface area contributed by atoms with E-state index in [0.29, 0.717) is 12.0 Å². The van der Waals surface area contributed by atoms with Gasteiger partial charge in [0.1, 0.15) is 0 Å². The van der Waals surface area contributed by atoms with Crippen molar-refractivity contribution in [1.82, 2.24) is 5.32 Å². The number of anilines is 1. The smallest absolute Gasteiger partial charge is 0.252 e. The molecular formula is C13H12N2O2. The van der Waals surface area contributed by atoms with Crippen molar-refractivity contribution in [3.8, 4) is 12.3 Å². The lowest BCUT2D eigenvalue weighted by Gasteiger charge is -2.08. The molecule has 4 nitrogen and oxygen atoms in total. The van der Waals surface area contributed by atoms with Crippen molar-refractivity contribution in [1.29, 1.82) is 0 Å². The van der Waals surface area contributed by atoms with Crippen LogP contribution < -0.4 is 10.6 Å². The van der Waals surface area contributed by atoms with Gasteiger partial charge in [-0.1, -0.05) is 5.92 Å². The molecule has 0 saturated carbocycles. The Hall–Kier alpha value is -2.28. The minimum atomic E-state index is -0.310. The minimum absolute atomic E-state index is 0.0467. The maximum Gasteiger partial charge on any atom is 0.252 e. The second-order valence-corrected chi connectivity index (χ2v) is 3.96. The molecule has 1 atom stereocenters. The predicted molar refractivity (Wildman–Crippen MR) is 64.5 cm³/mol. The summed E-state index contributed by atoms with van der Waals surface area (Å²) >= 11 is 0. The monoisotopic (exact) mass is 228 g/mol. The van der Waals surface area contributed by atoms with E-state index in [4.69, 9.17) is 6.42 Å². The normalized spacial score (nSPS) is 14.5. The van der Waals surface area contributed by atoms with Crippen molar-refractivity contribution < 1.29 is 9.59 Å². The molecule has 17 heavy (non-hydrogen) atoms. The summed E-state index contributed by atoms with van der Waals surface area (Å²) in [6.07, 6.45) is 5.51. The maximum absolute atomic E-state index is 11.8. The summed E-state index contributed by atoms with van der Waals surface area (Å²) in [6, 6.07) is 4.81. The van der Waals surface area contributed by atoms with Gasteiger partial charge in [0.05, 0.1) is 12.5 Å². The Morgan fingerprint density at radius 2 is 2.35 bits per heavy atom. The van der Waals surface area contributed by atoms with Crippen LogP contribution >= 0.6 is 0 Å². The largest absolute Gasteiger partial charge is 0.339 e. The molecule has 1 aromatic carbocycles. The molecule has 2 amide bonds. The number of rotatable bonds is 2. The third kappa shape index (κ3) is 2.28. The topological polar surface area (TPSA) is 58.2 Å². The highest BCUT2D eigenvalue weighted by Gasteiger charge is 2.19. The lowest BCUT2D eigenvalue weighted by Crippen LogP contribution is -2.31. The third-order valence-electron chi connectivity index (χ3n) is 2.59. The van der Waals surface area contributed by atoms with E-state index in [1.165, 1.54) is 0 Å². The van der Waals surface area contributed by atoms with Gasteiger partial charge in [0.25, 0.3) is 5.91 Å². The van der Waals surface area contributed by atoms with Gasteiger partial charge in [0.15, 0.2) is 0 Å². The zero-order valence-electron chi connectivity index (χ0n) is 9.41. The van der Waals surface area contributed by atoms with Crippen LogP contribution in [0.1, 0.15) is 22.8 Å². The fourth-order valence-electron chi connectivity index (χ4n) is 1.69. The van der Waals surface area contributed by atoms with Gasteiger partial charge < -0.3 is 10.6 Å². The zero-order chi connectivity index (χ0) is 12.4. The van der Waals surface area contributed by atoms with Gasteiger partial charge in [-0.3, -0.25) is 9.59 Å². The highest BCUT2D eigenvalue weighted by Crippen LogP contribution is 2.23. The van der Waals surface area contributed by atoms with E-state index in [9.17, 15) is 9.59 Å². The molecule has 1 unspecified atom stereocenters. The van der Waals surface area contributed by atoms with Gasteiger partial charge >= 0.3 is 0 Å². The van der Waals surface area contributed by atoms with Crippen molar-refractivity contribution in [2.45, 2.75) is 19.4 Å². The van der Waals surface area contributed by atoms with E-state index in [1.807, 2.05) is 0 Å². The summed E-state index contributed by atoms with van der Waals surface area (Å²) in [6.45, 7) is 1.73. The van der Waals surface area contributed by atoms with Gasteiger partial charge in [-0.15, -0.1) is 6.42 Å². The predicted octanol–water partition coefficient (Wildman–Crippen LogP) is 0.933. The first-order valence-electron chi connectivity index (χ1n) is 5.30. The highest BCUT2D eigenvalue weighted by molar-refractivity contribution is 6.01. The Labute approximate surface area is 99.4 Å². The molecule has 0 aliphatic carbocycles. The van der Waals surface area contributed by atoms with Crippen LogP contribution in [-0.2, 0) is 11.2 Å². The first-order chi connectivity index (χ1) is 8.10. The summed E-state index contributed by atoms with van der Waals surface area (Å²) < 4.78 is 0. The number of carbonyl (C=O) groups excluding carboxylic acids is 2. The van der Waals surface area contributed by atoms with Crippen LogP contribution in [0.25, 0.3) is 0 Å². The van der Waals surface area contributed by atoms with Crippen LogP contribution in [0.5, 0.6) is 0 Å². The SMILES string of the molecule is C#CC(C)NC(=O)c1ccc2c(c1)CC(=O)N2. The van der Waals surface area contributed by atoms with Crippen LogP contribution in [-0.4, -0.2) is 17.9 Å². The molecule has 1 aromatic rings. The van der Waals surface area contributed by atoms with E-state index in [1.54, 1.807) is 25.1 Å². The van der Waals surface area contributed by atoms with Crippen LogP contribution in [0.3, 0.4) is 0 Å². The number of amides is 2. The molecule has 0 saturated heterocycles. The molecule has 2 rings (SSSR count). The second kappa shape index (κ2) is 4.30. The summed E-state index contributed by atoms with van der Waals surface area (Å²) in [5.74, 6) is 2.16. The van der Waals surface area contributed by atoms with Crippen LogP contribution in [0.4, 0.5) is 5.69 Å². The molecular weight excluding hydrogens is 216 g/mol. The maximum atomic E-state index is 11.8. The molecule has 0 fully saturated rings. The molecule has 0 aromatic heterocycles. The van der Waals surface area contributed by atoms with Crippen molar-refractivity contribution in [2.24, 2.45) is 0 Å². The molecule has 1 heterocycles. The fourth-order valence-corrected chi connectivity index (χ4v) is 1.69. The lowest BCUT2D eigenvalue weighted by molar-refractivity contribution is -0.115. The van der Waals surface area contributed by atoms with Gasteiger partial charge in [-0.05, 0) is 30.7 Å². The Kier molecular flexibility index (Phi) is 2.84. The number of hydrogen-bond acceptors (Lipinski definition) is 2. The molecule has 1 aliphatic rings. The van der Waals surface area contributed by atoms with Gasteiger partial charge in [0, 0.05) is 11.3 Å². The first-order valence-corrected chi connectivity index (χ1v) is 5.30. The average molecular weight is 228 g/mol. The Bertz CT molecular complexity index is 529.